The van der Waals surface area contributed by atoms with E-state index in [1.807, 2.05) is 6.92 Å². The van der Waals surface area contributed by atoms with Crippen LogP contribution in [-0.4, -0.2) is 16.9 Å². The van der Waals surface area contributed by atoms with Gasteiger partial charge in [0.1, 0.15) is 0 Å². The van der Waals surface area contributed by atoms with Crippen molar-refractivity contribution in [2.24, 2.45) is 5.41 Å². The summed E-state index contributed by atoms with van der Waals surface area (Å²) in [5, 5.41) is 3.17. The van der Waals surface area contributed by atoms with Crippen LogP contribution in [0.5, 0.6) is 0 Å². The summed E-state index contributed by atoms with van der Waals surface area (Å²) in [7, 11) is 0. The molecule has 1 aromatic rings. The Bertz CT molecular complexity index is 501. The summed E-state index contributed by atoms with van der Waals surface area (Å²) in [6, 6.07) is 0.317. The molecular formula is C13H20N2OS2. The Hall–Kier alpha value is -0.680. The van der Waals surface area contributed by atoms with E-state index in [9.17, 15) is 4.79 Å². The third-order valence-corrected chi connectivity index (χ3v) is 5.17. The smallest absolute Gasteiger partial charge is 0.225 e. The van der Waals surface area contributed by atoms with Crippen LogP contribution < -0.4 is 5.32 Å². The van der Waals surface area contributed by atoms with Gasteiger partial charge in [-0.1, -0.05) is 20.3 Å². The molecule has 2 N–H and O–H groups in total. The summed E-state index contributed by atoms with van der Waals surface area (Å²) < 4.78 is 0.747. The lowest BCUT2D eigenvalue weighted by molar-refractivity contribution is -0.121. The highest BCUT2D eigenvalue weighted by atomic mass is 32.1. The van der Waals surface area contributed by atoms with Crippen molar-refractivity contribution in [3.05, 3.63) is 14.5 Å². The highest BCUT2D eigenvalue weighted by Gasteiger charge is 2.35. The van der Waals surface area contributed by atoms with E-state index in [1.165, 1.54) is 24.2 Å². The normalized spacial score (nSPS) is 22.1. The lowest BCUT2D eigenvalue weighted by Crippen LogP contribution is -2.42. The molecule has 1 heterocycles. The van der Waals surface area contributed by atoms with Crippen LogP contribution in [0.2, 0.25) is 0 Å². The van der Waals surface area contributed by atoms with Gasteiger partial charge in [-0.3, -0.25) is 4.79 Å². The number of carbonyl (C=O) groups is 1. The SMILES string of the molecule is Cc1[nH]c(=S)sc1CC(=O)NC1CCCC1(C)C. The number of aryl methyl sites for hydroxylation is 1. The fourth-order valence-corrected chi connectivity index (χ4v) is 3.88. The molecule has 1 aliphatic rings. The minimum atomic E-state index is 0.114. The molecule has 2 rings (SSSR count). The zero-order valence-electron chi connectivity index (χ0n) is 11.1. The molecule has 1 atom stereocenters. The fourth-order valence-electron chi connectivity index (χ4n) is 2.59. The van der Waals surface area contributed by atoms with E-state index >= 15 is 0 Å². The molecule has 1 unspecified atom stereocenters. The van der Waals surface area contributed by atoms with Crippen LogP contribution >= 0.6 is 23.6 Å². The maximum Gasteiger partial charge on any atom is 0.225 e. The van der Waals surface area contributed by atoms with Crippen LogP contribution in [0.25, 0.3) is 0 Å². The van der Waals surface area contributed by atoms with E-state index in [-0.39, 0.29) is 11.3 Å². The molecule has 5 heteroatoms. The Labute approximate surface area is 117 Å². The molecule has 0 aliphatic heterocycles. The first-order valence-electron chi connectivity index (χ1n) is 6.36. The Balaban J connectivity index is 1.97. The highest BCUT2D eigenvalue weighted by molar-refractivity contribution is 7.73. The van der Waals surface area contributed by atoms with Crippen molar-refractivity contribution < 1.29 is 4.79 Å². The van der Waals surface area contributed by atoms with Crippen molar-refractivity contribution in [1.29, 1.82) is 0 Å². The summed E-state index contributed by atoms with van der Waals surface area (Å²) in [5.74, 6) is 0.114. The molecule has 0 bridgehead atoms. The average Bonchev–Trinajstić information content (AvgIpc) is 2.71. The van der Waals surface area contributed by atoms with Crippen LogP contribution in [0.3, 0.4) is 0 Å². The molecule has 3 nitrogen and oxygen atoms in total. The number of H-pyrrole nitrogens is 1. The Kier molecular flexibility index (Phi) is 3.92. The van der Waals surface area contributed by atoms with Crippen molar-refractivity contribution in [2.75, 3.05) is 0 Å². The van der Waals surface area contributed by atoms with Crippen LogP contribution in [0.15, 0.2) is 0 Å². The maximum atomic E-state index is 12.1. The van der Waals surface area contributed by atoms with E-state index in [2.05, 4.69) is 24.1 Å². The minimum Gasteiger partial charge on any atom is -0.353 e. The fraction of sp³-hybridized carbons (Fsp3) is 0.692. The predicted octanol–water partition coefficient (Wildman–Crippen LogP) is 3.35. The minimum absolute atomic E-state index is 0.114. The van der Waals surface area contributed by atoms with Gasteiger partial charge in [0.25, 0.3) is 0 Å². The molecule has 0 aromatic carbocycles. The van der Waals surface area contributed by atoms with Gasteiger partial charge in [-0.15, -0.1) is 11.3 Å². The third kappa shape index (κ3) is 3.01. The van der Waals surface area contributed by atoms with Crippen LogP contribution in [0.4, 0.5) is 0 Å². The van der Waals surface area contributed by atoms with E-state index in [4.69, 9.17) is 12.2 Å². The summed E-state index contributed by atoms with van der Waals surface area (Å²) in [5.41, 5.74) is 1.25. The Morgan fingerprint density at radius 3 is 2.83 bits per heavy atom. The standard InChI is InChI=1S/C13H20N2OS2/c1-8-9(18-12(17)14-8)7-11(16)15-10-5-4-6-13(10,2)3/h10H,4-7H2,1-3H3,(H,14,17)(H,15,16). The summed E-state index contributed by atoms with van der Waals surface area (Å²) in [4.78, 5) is 16.2. The van der Waals surface area contributed by atoms with Gasteiger partial charge in [0.2, 0.25) is 5.91 Å². The number of hydrogen-bond donors (Lipinski definition) is 2. The number of nitrogens with one attached hydrogen (secondary N) is 2. The number of carbonyl (C=O) groups excluding carboxylic acids is 1. The van der Waals surface area contributed by atoms with Gasteiger partial charge in [0.15, 0.2) is 3.95 Å². The molecule has 1 fully saturated rings. The average molecular weight is 284 g/mol. The highest BCUT2D eigenvalue weighted by Crippen LogP contribution is 2.37. The van der Waals surface area contributed by atoms with E-state index in [0.29, 0.717) is 12.5 Å². The van der Waals surface area contributed by atoms with Gasteiger partial charge in [-0.2, -0.15) is 0 Å². The predicted molar refractivity (Wildman–Crippen MR) is 77.5 cm³/mol. The molecule has 1 aliphatic carbocycles. The van der Waals surface area contributed by atoms with Gasteiger partial charge in [0, 0.05) is 16.6 Å². The summed E-state index contributed by atoms with van der Waals surface area (Å²) in [6.45, 7) is 6.43. The van der Waals surface area contributed by atoms with E-state index in [0.717, 1.165) is 20.9 Å². The maximum absolute atomic E-state index is 12.1. The largest absolute Gasteiger partial charge is 0.353 e. The number of thiazole rings is 1. The van der Waals surface area contributed by atoms with Gasteiger partial charge in [-0.05, 0) is 37.4 Å². The lowest BCUT2D eigenvalue weighted by Gasteiger charge is -2.27. The number of aromatic nitrogens is 1. The van der Waals surface area contributed by atoms with Crippen LogP contribution in [0, 0.1) is 16.3 Å². The molecule has 0 spiro atoms. The zero-order valence-corrected chi connectivity index (χ0v) is 12.8. The van der Waals surface area contributed by atoms with E-state index < -0.39 is 0 Å². The zero-order chi connectivity index (χ0) is 13.3. The molecule has 1 aromatic heterocycles. The third-order valence-electron chi connectivity index (χ3n) is 3.84. The number of rotatable bonds is 3. The monoisotopic (exact) mass is 284 g/mol. The first-order chi connectivity index (χ1) is 8.38. The molecule has 18 heavy (non-hydrogen) atoms. The van der Waals surface area contributed by atoms with Crippen molar-refractivity contribution in [3.63, 3.8) is 0 Å². The molecule has 100 valence electrons. The lowest BCUT2D eigenvalue weighted by atomic mass is 9.87. The molecular weight excluding hydrogens is 264 g/mol. The Morgan fingerprint density at radius 2 is 2.33 bits per heavy atom. The van der Waals surface area contributed by atoms with Gasteiger partial charge in [-0.25, -0.2) is 0 Å². The quantitative estimate of drug-likeness (QED) is 0.836. The number of amides is 1. The molecule has 1 amide bonds. The second-order valence-corrected chi connectivity index (χ2v) is 7.51. The van der Waals surface area contributed by atoms with Crippen LogP contribution in [-0.2, 0) is 11.2 Å². The van der Waals surface area contributed by atoms with E-state index in [1.54, 1.807) is 0 Å². The van der Waals surface area contributed by atoms with Gasteiger partial charge >= 0.3 is 0 Å². The van der Waals surface area contributed by atoms with Crippen molar-refractivity contribution in [3.8, 4) is 0 Å². The molecule has 0 saturated heterocycles. The first-order valence-corrected chi connectivity index (χ1v) is 7.59. The van der Waals surface area contributed by atoms with Gasteiger partial charge in [0.05, 0.1) is 6.42 Å². The van der Waals surface area contributed by atoms with Gasteiger partial charge < -0.3 is 10.3 Å². The molecule has 1 saturated carbocycles. The van der Waals surface area contributed by atoms with Crippen molar-refractivity contribution >= 4 is 29.5 Å². The Morgan fingerprint density at radius 1 is 1.61 bits per heavy atom. The van der Waals surface area contributed by atoms with Crippen molar-refractivity contribution in [1.82, 2.24) is 10.3 Å². The van der Waals surface area contributed by atoms with Crippen molar-refractivity contribution in [2.45, 2.75) is 52.5 Å². The first kappa shape index (κ1) is 13.7. The summed E-state index contributed by atoms with van der Waals surface area (Å²) >= 11 is 6.58. The number of hydrogen-bond acceptors (Lipinski definition) is 3. The molecule has 0 radical (unpaired) electrons. The van der Waals surface area contributed by atoms with Crippen LogP contribution in [0.1, 0.15) is 43.7 Å². The topological polar surface area (TPSA) is 44.9 Å². The number of aromatic amines is 1. The second-order valence-electron chi connectivity index (χ2n) is 5.74. The second kappa shape index (κ2) is 5.13. The summed E-state index contributed by atoms with van der Waals surface area (Å²) in [6.07, 6.45) is 3.94.